The minimum absolute atomic E-state index is 0.0665. The van der Waals surface area contributed by atoms with Crippen LogP contribution in [0.3, 0.4) is 0 Å². The zero-order valence-electron chi connectivity index (χ0n) is 13.5. The number of ether oxygens (including phenoxy) is 2. The normalized spacial score (nSPS) is 10.9. The third-order valence-corrected chi connectivity index (χ3v) is 2.72. The highest BCUT2D eigenvalue weighted by Gasteiger charge is 2.18. The number of rotatable bonds is 10. The molecule has 0 aliphatic heterocycles. The molecule has 118 valence electrons. The Morgan fingerprint density at radius 2 is 1.75 bits per heavy atom. The number of nitrogens with zero attached hydrogens (tertiary/aromatic N) is 1. The van der Waals surface area contributed by atoms with E-state index < -0.39 is 0 Å². The Kier molecular flexibility index (Phi) is 10.1. The summed E-state index contributed by atoms with van der Waals surface area (Å²) in [7, 11) is 0. The van der Waals surface area contributed by atoms with E-state index in [0.29, 0.717) is 26.3 Å². The van der Waals surface area contributed by atoms with E-state index in [-0.39, 0.29) is 30.3 Å². The van der Waals surface area contributed by atoms with E-state index >= 15 is 0 Å². The average molecular weight is 287 g/mol. The van der Waals surface area contributed by atoms with Crippen LogP contribution in [-0.4, -0.2) is 49.2 Å². The summed E-state index contributed by atoms with van der Waals surface area (Å²) >= 11 is 0. The predicted molar refractivity (Wildman–Crippen MR) is 78.4 cm³/mol. The molecule has 0 N–H and O–H groups in total. The number of esters is 1. The molecule has 5 nitrogen and oxygen atoms in total. The Labute approximate surface area is 122 Å². The Morgan fingerprint density at radius 3 is 2.25 bits per heavy atom. The average Bonchev–Trinajstić information content (AvgIpc) is 2.37. The van der Waals surface area contributed by atoms with Crippen LogP contribution in [0, 0.1) is 5.92 Å². The fraction of sp³-hybridized carbons (Fsp3) is 0.867. The van der Waals surface area contributed by atoms with E-state index in [2.05, 4.69) is 0 Å². The van der Waals surface area contributed by atoms with Crippen LogP contribution in [0.15, 0.2) is 0 Å². The topological polar surface area (TPSA) is 55.8 Å². The van der Waals surface area contributed by atoms with Gasteiger partial charge in [0.05, 0.1) is 19.1 Å². The first-order valence-electron chi connectivity index (χ1n) is 7.44. The second-order valence-corrected chi connectivity index (χ2v) is 5.31. The molecule has 0 aromatic rings. The molecule has 0 aromatic carbocycles. The van der Waals surface area contributed by atoms with Crippen LogP contribution in [-0.2, 0) is 19.1 Å². The summed E-state index contributed by atoms with van der Waals surface area (Å²) in [5, 5.41) is 0. The highest BCUT2D eigenvalue weighted by molar-refractivity contribution is 5.79. The smallest absolute Gasteiger partial charge is 0.307 e. The summed E-state index contributed by atoms with van der Waals surface area (Å²) in [5.74, 6) is -0.255. The third kappa shape index (κ3) is 8.91. The van der Waals surface area contributed by atoms with Crippen molar-refractivity contribution in [2.75, 3.05) is 26.3 Å². The minimum Gasteiger partial charge on any atom is -0.466 e. The zero-order chi connectivity index (χ0) is 15.5. The summed E-state index contributed by atoms with van der Waals surface area (Å²) in [5.41, 5.74) is 0. The van der Waals surface area contributed by atoms with Gasteiger partial charge in [-0.05, 0) is 27.2 Å². The van der Waals surface area contributed by atoms with Gasteiger partial charge in [-0.25, -0.2) is 0 Å². The molecule has 0 heterocycles. The molecule has 0 radical (unpaired) electrons. The molecule has 1 amide bonds. The van der Waals surface area contributed by atoms with Gasteiger partial charge in [-0.2, -0.15) is 0 Å². The number of carbonyl (C=O) groups is 2. The van der Waals surface area contributed by atoms with Crippen molar-refractivity contribution in [3.8, 4) is 0 Å². The molecule has 0 saturated heterocycles. The van der Waals surface area contributed by atoms with Crippen LogP contribution >= 0.6 is 0 Å². The lowest BCUT2D eigenvalue weighted by Crippen LogP contribution is -2.37. The monoisotopic (exact) mass is 287 g/mol. The maximum Gasteiger partial charge on any atom is 0.307 e. The molecule has 0 aliphatic rings. The molecular weight excluding hydrogens is 258 g/mol. The van der Waals surface area contributed by atoms with Gasteiger partial charge in [0.25, 0.3) is 0 Å². The molecule has 0 spiro atoms. The van der Waals surface area contributed by atoms with Crippen LogP contribution in [0.25, 0.3) is 0 Å². The van der Waals surface area contributed by atoms with Crippen molar-refractivity contribution < 1.29 is 19.1 Å². The lowest BCUT2D eigenvalue weighted by molar-refractivity contribution is -0.144. The van der Waals surface area contributed by atoms with Crippen molar-refractivity contribution in [1.82, 2.24) is 4.90 Å². The lowest BCUT2D eigenvalue weighted by Gasteiger charge is -2.24. The van der Waals surface area contributed by atoms with Crippen LogP contribution in [0.4, 0.5) is 0 Å². The van der Waals surface area contributed by atoms with Crippen LogP contribution < -0.4 is 0 Å². The van der Waals surface area contributed by atoms with Crippen molar-refractivity contribution in [1.29, 1.82) is 0 Å². The fourth-order valence-corrected chi connectivity index (χ4v) is 1.73. The first-order valence-corrected chi connectivity index (χ1v) is 7.44. The van der Waals surface area contributed by atoms with Gasteiger partial charge in [0.15, 0.2) is 0 Å². The van der Waals surface area contributed by atoms with Crippen molar-refractivity contribution >= 4 is 11.9 Å². The first-order chi connectivity index (χ1) is 9.38. The highest BCUT2D eigenvalue weighted by Crippen LogP contribution is 2.05. The second kappa shape index (κ2) is 10.7. The summed E-state index contributed by atoms with van der Waals surface area (Å²) < 4.78 is 10.4. The second-order valence-electron chi connectivity index (χ2n) is 5.31. The van der Waals surface area contributed by atoms with E-state index in [1.54, 1.807) is 11.8 Å². The van der Waals surface area contributed by atoms with Gasteiger partial charge in [0, 0.05) is 25.6 Å². The molecular formula is C15H29NO4. The molecule has 0 saturated carbocycles. The third-order valence-electron chi connectivity index (χ3n) is 2.72. The van der Waals surface area contributed by atoms with E-state index in [1.165, 1.54) is 0 Å². The van der Waals surface area contributed by atoms with Crippen molar-refractivity contribution in [2.45, 2.75) is 53.6 Å². The standard InChI is InChI=1S/C15H29NO4/c1-6-19-14(17)8-10-16(15(18)12(2)3)9-7-11-20-13(4)5/h12-13H,6-11H2,1-5H3. The molecule has 20 heavy (non-hydrogen) atoms. The molecule has 0 atom stereocenters. The Hall–Kier alpha value is -1.10. The van der Waals surface area contributed by atoms with Gasteiger partial charge in [-0.1, -0.05) is 13.8 Å². The van der Waals surface area contributed by atoms with Crippen LogP contribution in [0.2, 0.25) is 0 Å². The lowest BCUT2D eigenvalue weighted by atomic mass is 10.1. The maximum absolute atomic E-state index is 12.1. The number of hydrogen-bond donors (Lipinski definition) is 0. The summed E-state index contributed by atoms with van der Waals surface area (Å²) in [4.78, 5) is 25.2. The van der Waals surface area contributed by atoms with Gasteiger partial charge in [0.1, 0.15) is 0 Å². The molecule has 0 aromatic heterocycles. The van der Waals surface area contributed by atoms with Crippen LogP contribution in [0.5, 0.6) is 0 Å². The van der Waals surface area contributed by atoms with Gasteiger partial charge in [-0.15, -0.1) is 0 Å². The zero-order valence-corrected chi connectivity index (χ0v) is 13.5. The summed E-state index contributed by atoms with van der Waals surface area (Å²) in [6, 6.07) is 0. The quantitative estimate of drug-likeness (QED) is 0.457. The summed E-state index contributed by atoms with van der Waals surface area (Å²) in [6.07, 6.45) is 1.22. The first kappa shape index (κ1) is 18.9. The van der Waals surface area contributed by atoms with E-state index in [9.17, 15) is 9.59 Å². The van der Waals surface area contributed by atoms with Gasteiger partial charge < -0.3 is 14.4 Å². The van der Waals surface area contributed by atoms with E-state index in [0.717, 1.165) is 6.42 Å². The van der Waals surface area contributed by atoms with Crippen LogP contribution in [0.1, 0.15) is 47.5 Å². The number of carbonyl (C=O) groups excluding carboxylic acids is 2. The highest BCUT2D eigenvalue weighted by atomic mass is 16.5. The minimum atomic E-state index is -0.257. The molecule has 0 unspecified atom stereocenters. The fourth-order valence-electron chi connectivity index (χ4n) is 1.73. The van der Waals surface area contributed by atoms with Crippen molar-refractivity contribution in [2.24, 2.45) is 5.92 Å². The van der Waals surface area contributed by atoms with E-state index in [4.69, 9.17) is 9.47 Å². The Balaban J connectivity index is 4.21. The predicted octanol–water partition coefficient (Wildman–Crippen LogP) is 2.24. The van der Waals surface area contributed by atoms with E-state index in [1.807, 2.05) is 27.7 Å². The number of hydrogen-bond acceptors (Lipinski definition) is 4. The van der Waals surface area contributed by atoms with Crippen molar-refractivity contribution in [3.63, 3.8) is 0 Å². The molecule has 0 bridgehead atoms. The van der Waals surface area contributed by atoms with Gasteiger partial charge in [-0.3, -0.25) is 9.59 Å². The van der Waals surface area contributed by atoms with Gasteiger partial charge in [0.2, 0.25) is 5.91 Å². The summed E-state index contributed by atoms with van der Waals surface area (Å²) in [6.45, 7) is 11.5. The van der Waals surface area contributed by atoms with Crippen molar-refractivity contribution in [3.05, 3.63) is 0 Å². The number of amides is 1. The van der Waals surface area contributed by atoms with Gasteiger partial charge >= 0.3 is 5.97 Å². The molecule has 0 aliphatic carbocycles. The molecule has 0 fully saturated rings. The largest absolute Gasteiger partial charge is 0.466 e. The Morgan fingerprint density at radius 1 is 1.10 bits per heavy atom. The maximum atomic E-state index is 12.1. The molecule has 5 heteroatoms. The SMILES string of the molecule is CCOC(=O)CCN(CCCOC(C)C)C(=O)C(C)C. The molecule has 0 rings (SSSR count). The Bertz CT molecular complexity index is 290.